The average molecular weight is 316 g/mol. The highest BCUT2D eigenvalue weighted by atomic mass is 35.5. The van der Waals surface area contributed by atoms with E-state index < -0.39 is 0 Å². The first-order chi connectivity index (χ1) is 10.2. The Morgan fingerprint density at radius 1 is 1.14 bits per heavy atom. The molecule has 3 nitrogen and oxygen atoms in total. The molecule has 0 aliphatic carbocycles. The Hall–Kier alpha value is -1.91. The molecule has 0 unspecified atom stereocenters. The standard InChI is InChI=1S/C16H14ClN3S/c17-13-6-7-16(15(18)8-13)21-11-12-9-19-20(10-12)14-4-2-1-3-5-14/h1-10H,11,18H2. The number of rotatable bonds is 4. The van der Waals surface area contributed by atoms with Crippen molar-refractivity contribution in [2.75, 3.05) is 5.73 Å². The van der Waals surface area contributed by atoms with E-state index in [4.69, 9.17) is 17.3 Å². The monoisotopic (exact) mass is 315 g/mol. The maximum Gasteiger partial charge on any atom is 0.0645 e. The number of hydrogen-bond acceptors (Lipinski definition) is 3. The van der Waals surface area contributed by atoms with Crippen molar-refractivity contribution in [3.63, 3.8) is 0 Å². The van der Waals surface area contributed by atoms with Crippen LogP contribution in [0.4, 0.5) is 5.69 Å². The van der Waals surface area contributed by atoms with Gasteiger partial charge in [-0.05, 0) is 30.3 Å². The maximum absolute atomic E-state index is 5.96. The highest BCUT2D eigenvalue weighted by Crippen LogP contribution is 2.30. The highest BCUT2D eigenvalue weighted by molar-refractivity contribution is 7.98. The van der Waals surface area contributed by atoms with Gasteiger partial charge in [-0.15, -0.1) is 11.8 Å². The van der Waals surface area contributed by atoms with Crippen LogP contribution in [0.3, 0.4) is 0 Å². The second-order valence-electron chi connectivity index (χ2n) is 4.60. The van der Waals surface area contributed by atoms with Crippen LogP contribution in [0.15, 0.2) is 65.8 Å². The van der Waals surface area contributed by atoms with Gasteiger partial charge in [0.05, 0.1) is 11.9 Å². The van der Waals surface area contributed by atoms with Gasteiger partial charge < -0.3 is 5.73 Å². The number of hydrogen-bond donors (Lipinski definition) is 1. The predicted molar refractivity (Wildman–Crippen MR) is 89.0 cm³/mol. The smallest absolute Gasteiger partial charge is 0.0645 e. The Bertz CT molecular complexity index is 740. The molecule has 2 aromatic carbocycles. The minimum atomic E-state index is 0.661. The van der Waals surface area contributed by atoms with E-state index in [1.165, 1.54) is 0 Å². The lowest BCUT2D eigenvalue weighted by atomic mass is 10.3. The van der Waals surface area contributed by atoms with Crippen LogP contribution in [0.25, 0.3) is 5.69 Å². The van der Waals surface area contributed by atoms with Crippen molar-refractivity contribution in [3.8, 4) is 5.69 Å². The molecule has 0 aliphatic rings. The van der Waals surface area contributed by atoms with Crippen molar-refractivity contribution in [1.82, 2.24) is 9.78 Å². The van der Waals surface area contributed by atoms with Crippen molar-refractivity contribution in [3.05, 3.63) is 71.5 Å². The van der Waals surface area contributed by atoms with Gasteiger partial charge in [-0.2, -0.15) is 5.10 Å². The molecule has 0 atom stereocenters. The molecule has 1 aromatic heterocycles. The van der Waals surface area contributed by atoms with E-state index in [1.807, 2.05) is 59.5 Å². The molecule has 5 heteroatoms. The van der Waals surface area contributed by atoms with Gasteiger partial charge in [0.2, 0.25) is 0 Å². The average Bonchev–Trinajstić information content (AvgIpc) is 2.96. The van der Waals surface area contributed by atoms with Crippen LogP contribution in [0.5, 0.6) is 0 Å². The van der Waals surface area contributed by atoms with E-state index in [2.05, 4.69) is 5.10 Å². The zero-order valence-corrected chi connectivity index (χ0v) is 12.8. The molecule has 2 N–H and O–H groups in total. The minimum absolute atomic E-state index is 0.661. The molecule has 1 heterocycles. The molecule has 3 aromatic rings. The number of benzene rings is 2. The van der Waals surface area contributed by atoms with Crippen LogP contribution in [0, 0.1) is 0 Å². The van der Waals surface area contributed by atoms with E-state index in [1.54, 1.807) is 17.8 Å². The largest absolute Gasteiger partial charge is 0.398 e. The topological polar surface area (TPSA) is 43.8 Å². The summed E-state index contributed by atoms with van der Waals surface area (Å²) < 4.78 is 1.88. The van der Waals surface area contributed by atoms with E-state index in [0.717, 1.165) is 21.9 Å². The van der Waals surface area contributed by atoms with E-state index in [9.17, 15) is 0 Å². The molecule has 0 aliphatic heterocycles. The summed E-state index contributed by atoms with van der Waals surface area (Å²) >= 11 is 7.58. The fraction of sp³-hybridized carbons (Fsp3) is 0.0625. The van der Waals surface area contributed by atoms with Gasteiger partial charge in [0.15, 0.2) is 0 Å². The molecular weight excluding hydrogens is 302 g/mol. The normalized spacial score (nSPS) is 10.7. The van der Waals surface area contributed by atoms with Crippen molar-refractivity contribution in [2.45, 2.75) is 10.6 Å². The Morgan fingerprint density at radius 3 is 2.71 bits per heavy atom. The lowest BCUT2D eigenvalue weighted by molar-refractivity contribution is 0.880. The summed E-state index contributed by atoms with van der Waals surface area (Å²) in [4.78, 5) is 1.03. The Balaban J connectivity index is 1.70. The Labute approximate surface area is 132 Å². The van der Waals surface area contributed by atoms with Gasteiger partial charge in [0.1, 0.15) is 0 Å². The van der Waals surface area contributed by atoms with Crippen molar-refractivity contribution in [2.24, 2.45) is 0 Å². The first kappa shape index (κ1) is 14.0. The van der Waals surface area contributed by atoms with E-state index in [0.29, 0.717) is 10.7 Å². The number of thioether (sulfide) groups is 1. The molecular formula is C16H14ClN3S. The van der Waals surface area contributed by atoms with Crippen LogP contribution in [-0.4, -0.2) is 9.78 Å². The molecule has 0 radical (unpaired) electrons. The zero-order chi connectivity index (χ0) is 14.7. The number of para-hydroxylation sites is 1. The molecule has 0 fully saturated rings. The summed E-state index contributed by atoms with van der Waals surface area (Å²) in [5, 5.41) is 5.05. The predicted octanol–water partition coefficient (Wildman–Crippen LogP) is 4.40. The molecule has 0 amide bonds. The van der Waals surface area contributed by atoms with Gasteiger partial charge in [-0.3, -0.25) is 0 Å². The van der Waals surface area contributed by atoms with Crippen molar-refractivity contribution in [1.29, 1.82) is 0 Å². The fourth-order valence-electron chi connectivity index (χ4n) is 1.97. The summed E-state index contributed by atoms with van der Waals surface area (Å²) in [5.41, 5.74) is 8.87. The Morgan fingerprint density at radius 2 is 1.95 bits per heavy atom. The Kier molecular flexibility index (Phi) is 4.18. The minimum Gasteiger partial charge on any atom is -0.398 e. The third-order valence-electron chi connectivity index (χ3n) is 3.02. The summed E-state index contributed by atoms with van der Waals surface area (Å²) in [5.74, 6) is 0.818. The van der Waals surface area contributed by atoms with Gasteiger partial charge in [-0.1, -0.05) is 29.8 Å². The van der Waals surface area contributed by atoms with Crippen molar-refractivity contribution >= 4 is 29.1 Å². The van der Waals surface area contributed by atoms with Crippen LogP contribution in [0.2, 0.25) is 5.02 Å². The molecule has 0 saturated carbocycles. The van der Waals surface area contributed by atoms with Crippen LogP contribution in [-0.2, 0) is 5.75 Å². The second-order valence-corrected chi connectivity index (χ2v) is 6.05. The van der Waals surface area contributed by atoms with Crippen LogP contribution >= 0.6 is 23.4 Å². The molecule has 3 rings (SSSR count). The second kappa shape index (κ2) is 6.24. The van der Waals surface area contributed by atoms with Crippen molar-refractivity contribution < 1.29 is 0 Å². The van der Waals surface area contributed by atoms with Crippen LogP contribution < -0.4 is 5.73 Å². The lowest BCUT2D eigenvalue weighted by Crippen LogP contribution is -1.92. The summed E-state index contributed by atoms with van der Waals surface area (Å²) in [7, 11) is 0. The third-order valence-corrected chi connectivity index (χ3v) is 4.42. The van der Waals surface area contributed by atoms with Gasteiger partial charge in [-0.25, -0.2) is 4.68 Å². The summed E-state index contributed by atoms with van der Waals surface area (Å²) in [6.45, 7) is 0. The molecule has 0 bridgehead atoms. The fourth-order valence-corrected chi connectivity index (χ4v) is 3.01. The number of nitrogen functional groups attached to an aromatic ring is 1. The zero-order valence-electron chi connectivity index (χ0n) is 11.2. The number of halogens is 1. The molecule has 0 spiro atoms. The number of anilines is 1. The molecule has 21 heavy (non-hydrogen) atoms. The molecule has 106 valence electrons. The molecule has 0 saturated heterocycles. The summed E-state index contributed by atoms with van der Waals surface area (Å²) in [6, 6.07) is 15.6. The van der Waals surface area contributed by atoms with Gasteiger partial charge in [0.25, 0.3) is 0 Å². The van der Waals surface area contributed by atoms with E-state index in [-0.39, 0.29) is 0 Å². The maximum atomic E-state index is 5.96. The first-order valence-electron chi connectivity index (χ1n) is 6.49. The number of aromatic nitrogens is 2. The summed E-state index contributed by atoms with van der Waals surface area (Å²) in [6.07, 6.45) is 3.92. The first-order valence-corrected chi connectivity index (χ1v) is 7.85. The van der Waals surface area contributed by atoms with Gasteiger partial charge in [0, 0.05) is 33.1 Å². The lowest BCUT2D eigenvalue weighted by Gasteiger charge is -2.04. The number of nitrogens with zero attached hydrogens (tertiary/aromatic N) is 2. The van der Waals surface area contributed by atoms with Crippen LogP contribution in [0.1, 0.15) is 5.56 Å². The number of nitrogens with two attached hydrogens (primary N) is 1. The third kappa shape index (κ3) is 3.40. The van der Waals surface area contributed by atoms with Gasteiger partial charge >= 0.3 is 0 Å². The van der Waals surface area contributed by atoms with E-state index >= 15 is 0 Å². The quantitative estimate of drug-likeness (QED) is 0.573. The highest BCUT2D eigenvalue weighted by Gasteiger charge is 2.04. The SMILES string of the molecule is Nc1cc(Cl)ccc1SCc1cnn(-c2ccccc2)c1.